The van der Waals surface area contributed by atoms with Gasteiger partial charge in [0.1, 0.15) is 13.2 Å². The van der Waals surface area contributed by atoms with Gasteiger partial charge in [0.25, 0.3) is 0 Å². The van der Waals surface area contributed by atoms with E-state index in [9.17, 15) is 9.59 Å². The van der Waals surface area contributed by atoms with Gasteiger partial charge in [-0.05, 0) is 12.8 Å². The first kappa shape index (κ1) is 43.9. The quantitative estimate of drug-likeness (QED) is 0.0542. The third kappa shape index (κ3) is 35.6. The number of nitrogens with one attached hydrogen (secondary N) is 1. The molecule has 0 bridgehead atoms. The molecule has 0 aliphatic heterocycles. The fourth-order valence-corrected chi connectivity index (χ4v) is 6.03. The van der Waals surface area contributed by atoms with Crippen LogP contribution in [0.15, 0.2) is 0 Å². The molecule has 0 saturated heterocycles. The first-order valence-corrected chi connectivity index (χ1v) is 20.1. The second kappa shape index (κ2) is 37.4. The van der Waals surface area contributed by atoms with Crippen LogP contribution in [0.2, 0.25) is 0 Å². The average Bonchev–Trinajstić information content (AvgIpc) is 3.04. The molecule has 0 aromatic heterocycles. The molecule has 0 aliphatic carbocycles. The predicted octanol–water partition coefficient (Wildman–Crippen LogP) is 12.0. The van der Waals surface area contributed by atoms with E-state index < -0.39 is 0 Å². The van der Waals surface area contributed by atoms with Crippen molar-refractivity contribution in [2.45, 2.75) is 213 Å². The summed E-state index contributed by atoms with van der Waals surface area (Å²) in [6.45, 7) is 8.47. The van der Waals surface area contributed by atoms with Gasteiger partial charge in [0.2, 0.25) is 0 Å². The molecular weight excluding hydrogens is 558 g/mol. The van der Waals surface area contributed by atoms with Crippen molar-refractivity contribution in [2.24, 2.45) is 5.92 Å². The zero-order chi connectivity index (χ0) is 32.9. The lowest BCUT2D eigenvalue weighted by molar-refractivity contribution is -0.148. The van der Waals surface area contributed by atoms with Crippen LogP contribution in [0.3, 0.4) is 0 Å². The van der Waals surface area contributed by atoms with Crippen LogP contribution in [-0.4, -0.2) is 38.2 Å². The Kier molecular flexibility index (Phi) is 36.4. The maximum atomic E-state index is 12.2. The van der Waals surface area contributed by atoms with E-state index in [1.807, 2.05) is 6.92 Å². The minimum Gasteiger partial charge on any atom is -0.464 e. The molecule has 45 heavy (non-hydrogen) atoms. The summed E-state index contributed by atoms with van der Waals surface area (Å²) in [5.74, 6) is -0.219. The molecule has 0 fully saturated rings. The number of esters is 2. The monoisotopic (exact) mass is 638 g/mol. The fraction of sp³-hybridized carbons (Fsp3) is 0.950. The van der Waals surface area contributed by atoms with Gasteiger partial charge in [-0.25, -0.2) is 0 Å². The number of hydrogen-bond acceptors (Lipinski definition) is 5. The molecule has 0 aromatic carbocycles. The van der Waals surface area contributed by atoms with E-state index in [4.69, 9.17) is 9.47 Å². The van der Waals surface area contributed by atoms with E-state index in [1.54, 1.807) is 0 Å². The minimum atomic E-state index is -0.0973. The Bertz CT molecular complexity index is 611. The van der Waals surface area contributed by atoms with Crippen molar-refractivity contribution in [3.8, 4) is 0 Å². The normalized spacial score (nSPS) is 12.0. The maximum absolute atomic E-state index is 12.2. The lowest BCUT2D eigenvalue weighted by Crippen LogP contribution is -2.27. The van der Waals surface area contributed by atoms with Crippen molar-refractivity contribution in [3.63, 3.8) is 0 Å². The topological polar surface area (TPSA) is 64.6 Å². The van der Waals surface area contributed by atoms with E-state index in [0.717, 1.165) is 25.7 Å². The molecule has 0 spiro atoms. The predicted molar refractivity (Wildman–Crippen MR) is 194 cm³/mol. The van der Waals surface area contributed by atoms with Crippen molar-refractivity contribution < 1.29 is 19.1 Å². The maximum Gasteiger partial charge on any atom is 0.308 e. The highest BCUT2D eigenvalue weighted by Gasteiger charge is 2.13. The van der Waals surface area contributed by atoms with Crippen molar-refractivity contribution in [1.29, 1.82) is 0 Å². The number of hydrogen-bond donors (Lipinski definition) is 1. The van der Waals surface area contributed by atoms with E-state index in [0.29, 0.717) is 32.7 Å². The number of unbranched alkanes of at least 4 members (excludes halogenated alkanes) is 26. The second-order valence-corrected chi connectivity index (χ2v) is 13.8. The standard InChI is InChI=1S/C40H79NO4/c1-4-6-8-10-12-14-16-18-19-21-23-25-27-29-31-33-39(42)44-36-34-41-35-37-45-40(43)38(3)32-30-28-26-24-22-20-17-15-13-11-9-7-5-2/h38,41H,4-37H2,1-3H3. The Morgan fingerprint density at radius 1 is 0.467 bits per heavy atom. The Hall–Kier alpha value is -1.10. The zero-order valence-electron chi connectivity index (χ0n) is 30.8. The van der Waals surface area contributed by atoms with Gasteiger partial charge in [0.05, 0.1) is 5.92 Å². The molecule has 0 saturated carbocycles. The molecule has 0 aromatic rings. The van der Waals surface area contributed by atoms with Crippen LogP contribution in [0.4, 0.5) is 0 Å². The molecule has 268 valence electrons. The largest absolute Gasteiger partial charge is 0.464 e. The Balaban J connectivity index is 3.35. The van der Waals surface area contributed by atoms with Crippen LogP contribution in [0.25, 0.3) is 0 Å². The Morgan fingerprint density at radius 3 is 1.20 bits per heavy atom. The van der Waals surface area contributed by atoms with Crippen LogP contribution in [0.5, 0.6) is 0 Å². The van der Waals surface area contributed by atoms with Crippen LogP contribution >= 0.6 is 0 Å². The molecule has 0 rings (SSSR count). The molecule has 0 radical (unpaired) electrons. The van der Waals surface area contributed by atoms with Gasteiger partial charge in [-0.1, -0.05) is 194 Å². The highest BCUT2D eigenvalue weighted by atomic mass is 16.5. The van der Waals surface area contributed by atoms with Crippen molar-refractivity contribution >= 4 is 11.9 Å². The van der Waals surface area contributed by atoms with Crippen molar-refractivity contribution in [1.82, 2.24) is 5.32 Å². The highest BCUT2D eigenvalue weighted by Crippen LogP contribution is 2.16. The molecule has 0 amide bonds. The molecule has 5 nitrogen and oxygen atoms in total. The smallest absolute Gasteiger partial charge is 0.308 e. The molecule has 0 heterocycles. The number of rotatable bonds is 37. The van der Waals surface area contributed by atoms with E-state index in [2.05, 4.69) is 19.2 Å². The van der Waals surface area contributed by atoms with Crippen LogP contribution < -0.4 is 5.32 Å². The molecule has 1 N–H and O–H groups in total. The van der Waals surface area contributed by atoms with Gasteiger partial charge in [-0.2, -0.15) is 0 Å². The summed E-state index contributed by atoms with van der Waals surface area (Å²) in [6.07, 6.45) is 38.8. The first-order valence-electron chi connectivity index (χ1n) is 20.1. The summed E-state index contributed by atoms with van der Waals surface area (Å²) in [4.78, 5) is 24.2. The number of carbonyl (C=O) groups excluding carboxylic acids is 2. The molecule has 1 atom stereocenters. The molecule has 0 aliphatic rings. The lowest BCUT2D eigenvalue weighted by Gasteiger charge is -2.12. The zero-order valence-corrected chi connectivity index (χ0v) is 30.8. The summed E-state index contributed by atoms with van der Waals surface area (Å²) in [7, 11) is 0. The molecule has 5 heteroatoms. The third-order valence-electron chi connectivity index (χ3n) is 9.19. The summed E-state index contributed by atoms with van der Waals surface area (Å²) in [5, 5.41) is 3.20. The second-order valence-electron chi connectivity index (χ2n) is 13.8. The van der Waals surface area contributed by atoms with Crippen molar-refractivity contribution in [3.05, 3.63) is 0 Å². The first-order chi connectivity index (χ1) is 22.1. The fourth-order valence-electron chi connectivity index (χ4n) is 6.03. The minimum absolute atomic E-state index is 0.0293. The van der Waals surface area contributed by atoms with E-state index >= 15 is 0 Å². The van der Waals surface area contributed by atoms with Gasteiger partial charge in [0.15, 0.2) is 0 Å². The summed E-state index contributed by atoms with van der Waals surface area (Å²) < 4.78 is 10.8. The highest BCUT2D eigenvalue weighted by molar-refractivity contribution is 5.71. The summed E-state index contributed by atoms with van der Waals surface area (Å²) in [6, 6.07) is 0. The van der Waals surface area contributed by atoms with Gasteiger partial charge >= 0.3 is 11.9 Å². The average molecular weight is 638 g/mol. The summed E-state index contributed by atoms with van der Waals surface area (Å²) >= 11 is 0. The number of ether oxygens (including phenoxy) is 2. The van der Waals surface area contributed by atoms with Crippen LogP contribution in [-0.2, 0) is 19.1 Å². The van der Waals surface area contributed by atoms with Crippen LogP contribution in [0, 0.1) is 5.92 Å². The Morgan fingerprint density at radius 2 is 0.800 bits per heavy atom. The van der Waals surface area contributed by atoms with E-state index in [1.165, 1.54) is 161 Å². The van der Waals surface area contributed by atoms with E-state index in [-0.39, 0.29) is 17.9 Å². The van der Waals surface area contributed by atoms with Gasteiger partial charge < -0.3 is 14.8 Å². The van der Waals surface area contributed by atoms with Gasteiger partial charge in [0, 0.05) is 19.5 Å². The lowest BCUT2D eigenvalue weighted by atomic mass is 10.0. The van der Waals surface area contributed by atoms with Crippen molar-refractivity contribution in [2.75, 3.05) is 26.3 Å². The Labute approximate surface area is 281 Å². The molecule has 1 unspecified atom stereocenters. The summed E-state index contributed by atoms with van der Waals surface area (Å²) in [5.41, 5.74) is 0. The SMILES string of the molecule is CCCCCCCCCCCCCCCCCC(=O)OCCNCCOC(=O)C(C)CCCCCCCCCCCCCCC. The van der Waals surface area contributed by atoms with Gasteiger partial charge in [-0.3, -0.25) is 9.59 Å². The third-order valence-corrected chi connectivity index (χ3v) is 9.19. The number of carbonyl (C=O) groups is 2. The van der Waals surface area contributed by atoms with Crippen LogP contribution in [0.1, 0.15) is 213 Å². The van der Waals surface area contributed by atoms with Gasteiger partial charge in [-0.15, -0.1) is 0 Å². The molecular formula is C40H79NO4.